The molecule has 1 aliphatic heterocycles. The van der Waals surface area contributed by atoms with Crippen molar-refractivity contribution in [3.05, 3.63) is 64.7 Å². The van der Waals surface area contributed by atoms with Gasteiger partial charge in [0.1, 0.15) is 11.4 Å². The molecule has 0 bridgehead atoms. The smallest absolute Gasteiger partial charge is 0.356 e. The number of carbonyl (C=O) groups is 2. The summed E-state index contributed by atoms with van der Waals surface area (Å²) in [7, 11) is 3.34. The van der Waals surface area contributed by atoms with E-state index in [-0.39, 0.29) is 18.1 Å². The van der Waals surface area contributed by atoms with Crippen molar-refractivity contribution < 1.29 is 19.4 Å². The lowest BCUT2D eigenvalue weighted by molar-refractivity contribution is 0.0671. The van der Waals surface area contributed by atoms with Crippen molar-refractivity contribution in [1.29, 1.82) is 0 Å². The Balaban J connectivity index is 1.55. The number of hydrogen-bond donors (Lipinski definition) is 1. The molecule has 0 radical (unpaired) electrons. The Morgan fingerprint density at radius 1 is 1.20 bits per heavy atom. The fourth-order valence-electron chi connectivity index (χ4n) is 3.79. The number of amides is 1. The standard InChI is InChI=1S/C21H23N5O4/c1-24-18(7-10-22-24)20(27)25-11-9-17-16(13-25)19(21(28)29)23-26(17)12-8-14-3-5-15(30-2)6-4-14/h3-7,10H,8-9,11-13H2,1-2H3,(H,28,29). The molecule has 1 aromatic carbocycles. The molecule has 0 unspecified atom stereocenters. The van der Waals surface area contributed by atoms with Crippen molar-refractivity contribution in [2.24, 2.45) is 7.05 Å². The van der Waals surface area contributed by atoms with Gasteiger partial charge in [0.25, 0.3) is 5.91 Å². The number of carbonyl (C=O) groups excluding carboxylic acids is 1. The normalized spacial score (nSPS) is 13.2. The summed E-state index contributed by atoms with van der Waals surface area (Å²) in [5, 5.41) is 18.0. The predicted octanol–water partition coefficient (Wildman–Crippen LogP) is 1.76. The van der Waals surface area contributed by atoms with Crippen LogP contribution in [0.15, 0.2) is 36.5 Å². The molecule has 0 atom stereocenters. The minimum Gasteiger partial charge on any atom is -0.497 e. The molecule has 156 valence electrons. The number of fused-ring (bicyclic) bond motifs is 1. The molecule has 1 amide bonds. The maximum Gasteiger partial charge on any atom is 0.356 e. The Morgan fingerprint density at radius 2 is 1.97 bits per heavy atom. The zero-order valence-corrected chi connectivity index (χ0v) is 16.9. The first-order valence-electron chi connectivity index (χ1n) is 9.70. The molecule has 3 heterocycles. The number of hydrogen-bond acceptors (Lipinski definition) is 5. The SMILES string of the molecule is COc1ccc(CCn2nc(C(=O)O)c3c2CCN(C(=O)c2ccnn2C)C3)cc1. The molecule has 2 aromatic heterocycles. The van der Waals surface area contributed by atoms with E-state index >= 15 is 0 Å². The highest BCUT2D eigenvalue weighted by atomic mass is 16.5. The van der Waals surface area contributed by atoms with Gasteiger partial charge in [0, 0.05) is 44.0 Å². The number of methoxy groups -OCH3 is 1. The number of rotatable bonds is 6. The van der Waals surface area contributed by atoms with Crippen molar-refractivity contribution in [2.45, 2.75) is 25.9 Å². The van der Waals surface area contributed by atoms with Crippen LogP contribution in [0, 0.1) is 0 Å². The maximum atomic E-state index is 12.8. The molecule has 0 saturated heterocycles. The quantitative estimate of drug-likeness (QED) is 0.666. The van der Waals surface area contributed by atoms with Gasteiger partial charge in [-0.3, -0.25) is 14.2 Å². The highest BCUT2D eigenvalue weighted by molar-refractivity contribution is 5.93. The second-order valence-corrected chi connectivity index (χ2v) is 7.22. The van der Waals surface area contributed by atoms with Crippen LogP contribution in [0.25, 0.3) is 0 Å². The summed E-state index contributed by atoms with van der Waals surface area (Å²) in [5.74, 6) is -0.450. The summed E-state index contributed by atoms with van der Waals surface area (Å²) in [5.41, 5.74) is 3.10. The summed E-state index contributed by atoms with van der Waals surface area (Å²) in [4.78, 5) is 26.3. The molecule has 30 heavy (non-hydrogen) atoms. The number of ether oxygens (including phenoxy) is 1. The lowest BCUT2D eigenvalue weighted by Gasteiger charge is -2.27. The Bertz CT molecular complexity index is 1080. The van der Waals surface area contributed by atoms with E-state index in [1.54, 1.807) is 36.0 Å². The van der Waals surface area contributed by atoms with E-state index in [1.807, 2.05) is 24.3 Å². The third kappa shape index (κ3) is 3.66. The van der Waals surface area contributed by atoms with Gasteiger partial charge >= 0.3 is 5.97 Å². The van der Waals surface area contributed by atoms with Gasteiger partial charge in [-0.25, -0.2) is 4.79 Å². The zero-order valence-electron chi connectivity index (χ0n) is 16.9. The minimum atomic E-state index is -1.08. The fraction of sp³-hybridized carbons (Fsp3) is 0.333. The molecule has 4 rings (SSSR count). The molecule has 0 fully saturated rings. The summed E-state index contributed by atoms with van der Waals surface area (Å²) in [6.07, 6.45) is 2.85. The average molecular weight is 409 g/mol. The van der Waals surface area contributed by atoms with Crippen LogP contribution >= 0.6 is 0 Å². The van der Waals surface area contributed by atoms with E-state index < -0.39 is 5.97 Å². The largest absolute Gasteiger partial charge is 0.497 e. The zero-order chi connectivity index (χ0) is 21.3. The van der Waals surface area contributed by atoms with Crippen LogP contribution in [0.3, 0.4) is 0 Å². The van der Waals surface area contributed by atoms with E-state index in [4.69, 9.17) is 4.74 Å². The van der Waals surface area contributed by atoms with Gasteiger partial charge in [-0.1, -0.05) is 12.1 Å². The minimum absolute atomic E-state index is 0.0160. The van der Waals surface area contributed by atoms with E-state index in [2.05, 4.69) is 10.2 Å². The Hall–Kier alpha value is -3.62. The summed E-state index contributed by atoms with van der Waals surface area (Å²) in [6.45, 7) is 1.30. The highest BCUT2D eigenvalue weighted by Gasteiger charge is 2.31. The second-order valence-electron chi connectivity index (χ2n) is 7.22. The molecule has 9 heteroatoms. The number of nitrogens with zero attached hydrogens (tertiary/aromatic N) is 5. The van der Waals surface area contributed by atoms with Gasteiger partial charge in [-0.05, 0) is 30.2 Å². The number of carboxylic acid groups (broad SMARTS) is 1. The number of benzene rings is 1. The van der Waals surface area contributed by atoms with Gasteiger partial charge in [-0.2, -0.15) is 10.2 Å². The number of carboxylic acids is 1. The van der Waals surface area contributed by atoms with Gasteiger partial charge in [-0.15, -0.1) is 0 Å². The molecule has 9 nitrogen and oxygen atoms in total. The maximum absolute atomic E-state index is 12.8. The van der Waals surface area contributed by atoms with Gasteiger partial charge < -0.3 is 14.7 Å². The molecule has 0 aliphatic carbocycles. The van der Waals surface area contributed by atoms with Crippen LogP contribution in [-0.2, 0) is 33.0 Å². The Kier molecular flexibility index (Phi) is 5.26. The van der Waals surface area contributed by atoms with E-state index in [1.165, 1.54) is 4.68 Å². The van der Waals surface area contributed by atoms with Crippen molar-refractivity contribution in [1.82, 2.24) is 24.5 Å². The van der Waals surface area contributed by atoms with Gasteiger partial charge in [0.15, 0.2) is 5.69 Å². The molecule has 0 saturated carbocycles. The Morgan fingerprint density at radius 3 is 2.60 bits per heavy atom. The molecular formula is C21H23N5O4. The topological polar surface area (TPSA) is 102 Å². The van der Waals surface area contributed by atoms with Crippen LogP contribution in [0.2, 0.25) is 0 Å². The third-order valence-electron chi connectivity index (χ3n) is 5.44. The first-order valence-corrected chi connectivity index (χ1v) is 9.70. The van der Waals surface area contributed by atoms with Crippen LogP contribution < -0.4 is 4.74 Å². The van der Waals surface area contributed by atoms with Crippen molar-refractivity contribution in [3.63, 3.8) is 0 Å². The van der Waals surface area contributed by atoms with Crippen molar-refractivity contribution in [2.75, 3.05) is 13.7 Å². The third-order valence-corrected chi connectivity index (χ3v) is 5.44. The highest BCUT2D eigenvalue weighted by Crippen LogP contribution is 2.25. The average Bonchev–Trinajstić information content (AvgIpc) is 3.35. The number of aromatic carboxylic acids is 1. The fourth-order valence-corrected chi connectivity index (χ4v) is 3.79. The van der Waals surface area contributed by atoms with Crippen molar-refractivity contribution in [3.8, 4) is 5.75 Å². The van der Waals surface area contributed by atoms with Crippen LogP contribution in [0.4, 0.5) is 0 Å². The molecular weight excluding hydrogens is 386 g/mol. The first kappa shape index (κ1) is 19.7. The number of aryl methyl sites for hydroxylation is 3. The summed E-state index contributed by atoms with van der Waals surface area (Å²) in [6, 6.07) is 9.44. The monoisotopic (exact) mass is 409 g/mol. The van der Waals surface area contributed by atoms with E-state index in [0.29, 0.717) is 30.8 Å². The molecule has 1 N–H and O–H groups in total. The van der Waals surface area contributed by atoms with E-state index in [9.17, 15) is 14.7 Å². The van der Waals surface area contributed by atoms with Crippen LogP contribution in [-0.4, -0.2) is 55.1 Å². The van der Waals surface area contributed by atoms with Crippen LogP contribution in [0.1, 0.15) is 37.8 Å². The second kappa shape index (κ2) is 8.02. The number of aromatic nitrogens is 4. The van der Waals surface area contributed by atoms with Gasteiger partial charge in [0.2, 0.25) is 0 Å². The summed E-state index contributed by atoms with van der Waals surface area (Å²) >= 11 is 0. The molecule has 0 spiro atoms. The molecule has 3 aromatic rings. The Labute approximate surface area is 173 Å². The summed E-state index contributed by atoms with van der Waals surface area (Å²) < 4.78 is 8.47. The first-order chi connectivity index (χ1) is 14.5. The van der Waals surface area contributed by atoms with E-state index in [0.717, 1.165) is 23.4 Å². The van der Waals surface area contributed by atoms with Gasteiger partial charge in [0.05, 0.1) is 13.7 Å². The lowest BCUT2D eigenvalue weighted by Crippen LogP contribution is -2.37. The predicted molar refractivity (Wildman–Crippen MR) is 108 cm³/mol. The van der Waals surface area contributed by atoms with Crippen LogP contribution in [0.5, 0.6) is 5.75 Å². The van der Waals surface area contributed by atoms with Crippen molar-refractivity contribution >= 4 is 11.9 Å². The molecule has 1 aliphatic rings. The lowest BCUT2D eigenvalue weighted by atomic mass is 10.0.